The molecular weight excluding hydrogens is 358 g/mol. The molecule has 2 rings (SSSR count). The molecule has 7 heteroatoms. The van der Waals surface area contributed by atoms with Gasteiger partial charge in [-0.05, 0) is 40.0 Å². The largest absolute Gasteiger partial charge is 0.388 e. The third-order valence-corrected chi connectivity index (χ3v) is 5.89. The van der Waals surface area contributed by atoms with Gasteiger partial charge >= 0.3 is 0 Å². The molecular formula is C21H37N3O4. The summed E-state index contributed by atoms with van der Waals surface area (Å²) in [5.41, 5.74) is 0.352. The van der Waals surface area contributed by atoms with Crippen LogP contribution in [0, 0.1) is 0 Å². The van der Waals surface area contributed by atoms with E-state index >= 15 is 0 Å². The maximum atomic E-state index is 12.3. The SMILES string of the molecule is CC(=O)NCCC(=O)N[C@@]1(C)CC2(CCN(CCC=C(C)C)CC2)OC[C@@H]1O. The van der Waals surface area contributed by atoms with Crippen molar-refractivity contribution in [2.75, 3.05) is 32.8 Å². The maximum absolute atomic E-state index is 12.3. The molecule has 2 aliphatic rings. The van der Waals surface area contributed by atoms with Crippen molar-refractivity contribution in [1.29, 1.82) is 0 Å². The minimum absolute atomic E-state index is 0.152. The van der Waals surface area contributed by atoms with E-state index in [2.05, 4.69) is 35.5 Å². The molecule has 0 saturated carbocycles. The zero-order valence-electron chi connectivity index (χ0n) is 17.8. The standard InChI is InChI=1S/C21H37N3O4/c1-16(2)6-5-11-24-12-8-21(9-13-24)15-20(4,18(26)14-28-21)23-19(27)7-10-22-17(3)25/h6,18,26H,5,7-15H2,1-4H3,(H,22,25)(H,23,27)/t18-,20-/m0/s1. The first-order chi connectivity index (χ1) is 13.1. The molecule has 7 nitrogen and oxygen atoms in total. The molecule has 160 valence electrons. The number of likely N-dealkylation sites (tertiary alicyclic amines) is 1. The quantitative estimate of drug-likeness (QED) is 0.566. The average molecular weight is 396 g/mol. The highest BCUT2D eigenvalue weighted by Crippen LogP contribution is 2.39. The summed E-state index contributed by atoms with van der Waals surface area (Å²) in [7, 11) is 0. The van der Waals surface area contributed by atoms with Gasteiger partial charge in [0.25, 0.3) is 0 Å². The Morgan fingerprint density at radius 3 is 2.54 bits per heavy atom. The van der Waals surface area contributed by atoms with Gasteiger partial charge in [0.05, 0.1) is 17.7 Å². The number of ether oxygens (including phenoxy) is 1. The number of amides is 2. The molecule has 2 aliphatic heterocycles. The lowest BCUT2D eigenvalue weighted by molar-refractivity contribution is -0.181. The normalized spacial score (nSPS) is 27.2. The van der Waals surface area contributed by atoms with E-state index in [1.165, 1.54) is 12.5 Å². The lowest BCUT2D eigenvalue weighted by Crippen LogP contribution is -2.65. The van der Waals surface area contributed by atoms with Gasteiger partial charge in [-0.1, -0.05) is 11.6 Å². The Balaban J connectivity index is 1.88. The number of carbonyl (C=O) groups excluding carboxylic acids is 2. The molecule has 28 heavy (non-hydrogen) atoms. The van der Waals surface area contributed by atoms with Crippen molar-refractivity contribution in [2.45, 2.75) is 77.0 Å². The molecule has 0 bridgehead atoms. The van der Waals surface area contributed by atoms with Crippen molar-refractivity contribution >= 4 is 11.8 Å². The van der Waals surface area contributed by atoms with Crippen LogP contribution in [-0.2, 0) is 14.3 Å². The van der Waals surface area contributed by atoms with E-state index in [-0.39, 0.29) is 30.4 Å². The van der Waals surface area contributed by atoms with Gasteiger partial charge in [-0.25, -0.2) is 0 Å². The number of rotatable bonds is 7. The van der Waals surface area contributed by atoms with E-state index in [1.807, 2.05) is 6.92 Å². The minimum atomic E-state index is -0.737. The predicted molar refractivity (Wildman–Crippen MR) is 109 cm³/mol. The van der Waals surface area contributed by atoms with Gasteiger partial charge in [0.15, 0.2) is 0 Å². The van der Waals surface area contributed by atoms with Crippen molar-refractivity contribution in [3.8, 4) is 0 Å². The fourth-order valence-electron chi connectivity index (χ4n) is 4.18. The highest BCUT2D eigenvalue weighted by Gasteiger charge is 2.49. The smallest absolute Gasteiger partial charge is 0.222 e. The molecule has 0 aromatic rings. The van der Waals surface area contributed by atoms with Crippen LogP contribution in [0.4, 0.5) is 0 Å². The average Bonchev–Trinajstić information content (AvgIpc) is 2.60. The van der Waals surface area contributed by atoms with E-state index in [9.17, 15) is 14.7 Å². The second-order valence-electron chi connectivity index (χ2n) is 8.80. The van der Waals surface area contributed by atoms with Gasteiger partial charge in [0, 0.05) is 45.9 Å². The second kappa shape index (κ2) is 9.85. The number of aliphatic hydroxyl groups is 1. The number of carbonyl (C=O) groups is 2. The van der Waals surface area contributed by atoms with Crippen LogP contribution in [0.3, 0.4) is 0 Å². The fourth-order valence-corrected chi connectivity index (χ4v) is 4.18. The molecule has 0 aliphatic carbocycles. The van der Waals surface area contributed by atoms with Crippen LogP contribution < -0.4 is 10.6 Å². The Hall–Kier alpha value is -1.44. The van der Waals surface area contributed by atoms with Crippen molar-refractivity contribution in [3.63, 3.8) is 0 Å². The summed E-state index contributed by atoms with van der Waals surface area (Å²) in [6.07, 6.45) is 5.22. The molecule has 2 fully saturated rings. The number of hydrogen-bond donors (Lipinski definition) is 3. The Morgan fingerprint density at radius 1 is 1.25 bits per heavy atom. The van der Waals surface area contributed by atoms with Crippen LogP contribution in [0.1, 0.15) is 59.8 Å². The highest BCUT2D eigenvalue weighted by atomic mass is 16.5. The monoisotopic (exact) mass is 395 g/mol. The summed E-state index contributed by atoms with van der Waals surface area (Å²) in [5.74, 6) is -0.313. The van der Waals surface area contributed by atoms with Gasteiger partial charge in [0.2, 0.25) is 11.8 Å². The number of allylic oxidation sites excluding steroid dienone is 1. The van der Waals surface area contributed by atoms with Gasteiger partial charge in [-0.15, -0.1) is 0 Å². The van der Waals surface area contributed by atoms with Gasteiger partial charge < -0.3 is 25.4 Å². The molecule has 2 saturated heterocycles. The molecule has 0 aromatic carbocycles. The molecule has 1 spiro atoms. The van der Waals surface area contributed by atoms with E-state index in [0.29, 0.717) is 13.0 Å². The van der Waals surface area contributed by atoms with Crippen molar-refractivity contribution in [3.05, 3.63) is 11.6 Å². The summed E-state index contributed by atoms with van der Waals surface area (Å²) in [6, 6.07) is 0. The Labute approximate surface area is 168 Å². The predicted octanol–water partition coefficient (Wildman–Crippen LogP) is 1.36. The van der Waals surface area contributed by atoms with E-state index in [1.54, 1.807) is 0 Å². The van der Waals surface area contributed by atoms with Crippen LogP contribution in [0.2, 0.25) is 0 Å². The second-order valence-corrected chi connectivity index (χ2v) is 8.80. The zero-order valence-corrected chi connectivity index (χ0v) is 17.8. The molecule has 2 heterocycles. The summed E-state index contributed by atoms with van der Waals surface area (Å²) in [4.78, 5) is 25.7. The first-order valence-electron chi connectivity index (χ1n) is 10.4. The van der Waals surface area contributed by atoms with Crippen LogP contribution in [0.25, 0.3) is 0 Å². The summed E-state index contributed by atoms with van der Waals surface area (Å²) >= 11 is 0. The Morgan fingerprint density at radius 2 is 1.93 bits per heavy atom. The lowest BCUT2D eigenvalue weighted by Gasteiger charge is -2.52. The summed E-state index contributed by atoms with van der Waals surface area (Å²) < 4.78 is 6.10. The van der Waals surface area contributed by atoms with Gasteiger partial charge in [-0.2, -0.15) is 0 Å². The molecule has 0 radical (unpaired) electrons. The van der Waals surface area contributed by atoms with Crippen LogP contribution in [0.5, 0.6) is 0 Å². The lowest BCUT2D eigenvalue weighted by atomic mass is 9.74. The molecule has 0 aromatic heterocycles. The number of piperidine rings is 1. The van der Waals surface area contributed by atoms with Gasteiger partial charge in [0.1, 0.15) is 6.10 Å². The van der Waals surface area contributed by atoms with Crippen molar-refractivity contribution in [1.82, 2.24) is 15.5 Å². The zero-order chi connectivity index (χ0) is 20.8. The van der Waals surface area contributed by atoms with E-state index in [4.69, 9.17) is 4.74 Å². The van der Waals surface area contributed by atoms with E-state index < -0.39 is 11.6 Å². The van der Waals surface area contributed by atoms with E-state index in [0.717, 1.165) is 38.9 Å². The van der Waals surface area contributed by atoms with Crippen molar-refractivity contribution in [2.24, 2.45) is 0 Å². The van der Waals surface area contributed by atoms with Crippen LogP contribution in [-0.4, -0.2) is 71.9 Å². The topological polar surface area (TPSA) is 90.9 Å². The minimum Gasteiger partial charge on any atom is -0.388 e. The number of hydrogen-bond acceptors (Lipinski definition) is 5. The third kappa shape index (κ3) is 6.57. The first kappa shape index (κ1) is 22.8. The number of aliphatic hydroxyl groups excluding tert-OH is 1. The number of nitrogens with one attached hydrogen (secondary N) is 2. The molecule has 0 unspecified atom stereocenters. The molecule has 2 atom stereocenters. The highest BCUT2D eigenvalue weighted by molar-refractivity contribution is 5.78. The van der Waals surface area contributed by atoms with Gasteiger partial charge in [-0.3, -0.25) is 9.59 Å². The van der Waals surface area contributed by atoms with Crippen LogP contribution >= 0.6 is 0 Å². The number of nitrogens with zero attached hydrogens (tertiary/aromatic N) is 1. The summed E-state index contributed by atoms with van der Waals surface area (Å²) in [6.45, 7) is 11.1. The Kier molecular flexibility index (Phi) is 8.04. The molecule has 3 N–H and O–H groups in total. The Bertz CT molecular complexity index is 580. The van der Waals surface area contributed by atoms with Crippen LogP contribution in [0.15, 0.2) is 11.6 Å². The van der Waals surface area contributed by atoms with Crippen molar-refractivity contribution < 1.29 is 19.4 Å². The molecule has 2 amide bonds. The maximum Gasteiger partial charge on any atom is 0.222 e. The first-order valence-corrected chi connectivity index (χ1v) is 10.4. The fraction of sp³-hybridized carbons (Fsp3) is 0.810. The third-order valence-electron chi connectivity index (χ3n) is 5.89. The summed E-state index contributed by atoms with van der Waals surface area (Å²) in [5, 5.41) is 16.1.